The summed E-state index contributed by atoms with van der Waals surface area (Å²) in [5.41, 5.74) is 1.13. The highest BCUT2D eigenvalue weighted by molar-refractivity contribution is 5.68. The smallest absolute Gasteiger partial charge is 0.232 e. The fourth-order valence-electron chi connectivity index (χ4n) is 2.74. The van der Waals surface area contributed by atoms with Gasteiger partial charge in [0.2, 0.25) is 17.5 Å². The quantitative estimate of drug-likeness (QED) is 0.815. The SMILES string of the molecule is COc1ccc(/C=C/c2nc(C#N)c(NCC3CCCO3)o2)cc1OC. The first kappa shape index (κ1) is 17.8. The summed E-state index contributed by atoms with van der Waals surface area (Å²) < 4.78 is 21.7. The second kappa shape index (κ2) is 8.41. The number of nitriles is 1. The number of aromatic nitrogens is 1. The van der Waals surface area contributed by atoms with E-state index in [4.69, 9.17) is 18.6 Å². The van der Waals surface area contributed by atoms with E-state index in [9.17, 15) is 5.26 Å². The third-order valence-electron chi connectivity index (χ3n) is 4.09. The molecule has 0 saturated carbocycles. The van der Waals surface area contributed by atoms with Crippen molar-refractivity contribution in [1.82, 2.24) is 4.98 Å². The molecule has 1 unspecified atom stereocenters. The van der Waals surface area contributed by atoms with E-state index in [1.165, 1.54) is 0 Å². The van der Waals surface area contributed by atoms with Gasteiger partial charge in [-0.2, -0.15) is 10.2 Å². The Balaban J connectivity index is 1.71. The molecular formula is C19H21N3O4. The number of ether oxygens (including phenoxy) is 3. The van der Waals surface area contributed by atoms with Gasteiger partial charge in [-0.3, -0.25) is 0 Å². The molecule has 3 rings (SSSR count). The zero-order valence-electron chi connectivity index (χ0n) is 14.8. The first-order chi connectivity index (χ1) is 12.7. The number of nitrogens with one attached hydrogen (secondary N) is 1. The Morgan fingerprint density at radius 1 is 1.31 bits per heavy atom. The molecule has 0 spiro atoms. The van der Waals surface area contributed by atoms with Crippen LogP contribution in [-0.2, 0) is 4.74 Å². The molecule has 26 heavy (non-hydrogen) atoms. The van der Waals surface area contributed by atoms with Gasteiger partial charge in [-0.1, -0.05) is 6.07 Å². The van der Waals surface area contributed by atoms with Crippen molar-refractivity contribution < 1.29 is 18.6 Å². The zero-order valence-corrected chi connectivity index (χ0v) is 14.8. The Bertz CT molecular complexity index is 817. The molecule has 1 atom stereocenters. The predicted molar refractivity (Wildman–Crippen MR) is 97.2 cm³/mol. The van der Waals surface area contributed by atoms with Gasteiger partial charge in [0, 0.05) is 19.2 Å². The number of benzene rings is 1. The van der Waals surface area contributed by atoms with Gasteiger partial charge >= 0.3 is 0 Å². The highest BCUT2D eigenvalue weighted by Crippen LogP contribution is 2.28. The summed E-state index contributed by atoms with van der Waals surface area (Å²) in [6.45, 7) is 1.38. The molecule has 0 radical (unpaired) electrons. The number of anilines is 1. The summed E-state index contributed by atoms with van der Waals surface area (Å²) in [7, 11) is 3.18. The third-order valence-corrected chi connectivity index (χ3v) is 4.09. The van der Waals surface area contributed by atoms with Crippen molar-refractivity contribution in [2.75, 3.05) is 32.7 Å². The molecule has 0 amide bonds. The standard InChI is InChI=1S/C19H21N3O4/c1-23-16-7-5-13(10-17(16)24-2)6-8-18-22-15(11-20)19(26-18)21-12-14-4-3-9-25-14/h5-8,10,14,21H,3-4,9,12H2,1-2H3/b8-6+. The van der Waals surface area contributed by atoms with Crippen LogP contribution in [0, 0.1) is 11.3 Å². The zero-order chi connectivity index (χ0) is 18.4. The fraction of sp³-hybridized carbons (Fsp3) is 0.368. The molecule has 7 nitrogen and oxygen atoms in total. The number of oxazole rings is 1. The molecule has 7 heteroatoms. The maximum Gasteiger partial charge on any atom is 0.232 e. The molecule has 2 aromatic rings. The summed E-state index contributed by atoms with van der Waals surface area (Å²) in [5, 5.41) is 12.3. The largest absolute Gasteiger partial charge is 0.493 e. The number of methoxy groups -OCH3 is 2. The topological polar surface area (TPSA) is 89.5 Å². The van der Waals surface area contributed by atoms with Crippen LogP contribution in [0.15, 0.2) is 22.6 Å². The predicted octanol–water partition coefficient (Wildman–Crippen LogP) is 3.32. The fourth-order valence-corrected chi connectivity index (χ4v) is 2.74. The molecule has 0 aliphatic carbocycles. The monoisotopic (exact) mass is 355 g/mol. The van der Waals surface area contributed by atoms with Crippen molar-refractivity contribution in [3.63, 3.8) is 0 Å². The Kier molecular flexibility index (Phi) is 5.77. The molecule has 1 aromatic heterocycles. The maximum absolute atomic E-state index is 9.24. The van der Waals surface area contributed by atoms with E-state index < -0.39 is 0 Å². The molecule has 1 aromatic carbocycles. The summed E-state index contributed by atoms with van der Waals surface area (Å²) in [4.78, 5) is 4.19. The van der Waals surface area contributed by atoms with Crippen molar-refractivity contribution in [2.24, 2.45) is 0 Å². The molecule has 1 aliphatic heterocycles. The average Bonchev–Trinajstić information content (AvgIpc) is 3.33. The molecular weight excluding hydrogens is 334 g/mol. The molecule has 0 bridgehead atoms. The minimum absolute atomic E-state index is 0.150. The van der Waals surface area contributed by atoms with Gasteiger partial charge in [0.15, 0.2) is 11.5 Å². The summed E-state index contributed by atoms with van der Waals surface area (Å²) in [6, 6.07) is 7.61. The van der Waals surface area contributed by atoms with Crippen LogP contribution in [0.2, 0.25) is 0 Å². The van der Waals surface area contributed by atoms with E-state index >= 15 is 0 Å². The van der Waals surface area contributed by atoms with Gasteiger partial charge < -0.3 is 23.9 Å². The van der Waals surface area contributed by atoms with Gasteiger partial charge in [-0.25, -0.2) is 0 Å². The van der Waals surface area contributed by atoms with Crippen LogP contribution in [0.25, 0.3) is 12.2 Å². The van der Waals surface area contributed by atoms with Gasteiger partial charge in [0.25, 0.3) is 0 Å². The van der Waals surface area contributed by atoms with Crippen LogP contribution >= 0.6 is 0 Å². The third kappa shape index (κ3) is 4.16. The van der Waals surface area contributed by atoms with Crippen molar-refractivity contribution in [3.05, 3.63) is 35.3 Å². The van der Waals surface area contributed by atoms with Crippen LogP contribution in [0.3, 0.4) is 0 Å². The Hall–Kier alpha value is -2.98. The Labute approximate surface area is 152 Å². The van der Waals surface area contributed by atoms with Gasteiger partial charge in [0.05, 0.1) is 20.3 Å². The first-order valence-corrected chi connectivity index (χ1v) is 8.40. The van der Waals surface area contributed by atoms with Crippen LogP contribution in [0.1, 0.15) is 30.0 Å². The van der Waals surface area contributed by atoms with Crippen LogP contribution in [0.5, 0.6) is 11.5 Å². The minimum Gasteiger partial charge on any atom is -0.493 e. The van der Waals surface area contributed by atoms with E-state index in [1.807, 2.05) is 30.3 Å². The lowest BCUT2D eigenvalue weighted by molar-refractivity contribution is 0.120. The molecule has 2 heterocycles. The van der Waals surface area contributed by atoms with E-state index in [0.29, 0.717) is 29.8 Å². The summed E-state index contributed by atoms with van der Waals surface area (Å²) in [5.74, 6) is 2.02. The highest BCUT2D eigenvalue weighted by atomic mass is 16.5. The van der Waals surface area contributed by atoms with Crippen molar-refractivity contribution >= 4 is 18.0 Å². The second-order valence-electron chi connectivity index (χ2n) is 5.81. The first-order valence-electron chi connectivity index (χ1n) is 8.40. The van der Waals surface area contributed by atoms with Gasteiger partial charge in [0.1, 0.15) is 6.07 Å². The van der Waals surface area contributed by atoms with Crippen molar-refractivity contribution in [3.8, 4) is 17.6 Å². The lowest BCUT2D eigenvalue weighted by Crippen LogP contribution is -2.18. The highest BCUT2D eigenvalue weighted by Gasteiger charge is 2.18. The van der Waals surface area contributed by atoms with E-state index in [2.05, 4.69) is 10.3 Å². The van der Waals surface area contributed by atoms with E-state index in [0.717, 1.165) is 25.0 Å². The normalized spacial score (nSPS) is 16.6. The minimum atomic E-state index is 0.150. The average molecular weight is 355 g/mol. The van der Waals surface area contributed by atoms with Crippen molar-refractivity contribution in [1.29, 1.82) is 5.26 Å². The lowest BCUT2D eigenvalue weighted by Gasteiger charge is -2.09. The number of hydrogen-bond donors (Lipinski definition) is 1. The van der Waals surface area contributed by atoms with Crippen molar-refractivity contribution in [2.45, 2.75) is 18.9 Å². The Morgan fingerprint density at radius 2 is 2.15 bits per heavy atom. The number of nitrogens with zero attached hydrogens (tertiary/aromatic N) is 2. The van der Waals surface area contributed by atoms with E-state index in [1.54, 1.807) is 20.3 Å². The van der Waals surface area contributed by atoms with Crippen LogP contribution in [-0.4, -0.2) is 38.5 Å². The maximum atomic E-state index is 9.24. The molecule has 1 aliphatic rings. The van der Waals surface area contributed by atoms with Gasteiger partial charge in [-0.15, -0.1) is 0 Å². The molecule has 136 valence electrons. The van der Waals surface area contributed by atoms with E-state index in [-0.39, 0.29) is 11.8 Å². The number of rotatable bonds is 7. The summed E-state index contributed by atoms with van der Waals surface area (Å²) in [6.07, 6.45) is 5.76. The van der Waals surface area contributed by atoms with Gasteiger partial charge in [-0.05, 0) is 36.6 Å². The molecule has 1 N–H and O–H groups in total. The second-order valence-corrected chi connectivity index (χ2v) is 5.81. The Morgan fingerprint density at radius 3 is 2.85 bits per heavy atom. The van der Waals surface area contributed by atoms with Crippen LogP contribution < -0.4 is 14.8 Å². The van der Waals surface area contributed by atoms with Crippen LogP contribution in [0.4, 0.5) is 5.88 Å². The molecule has 1 fully saturated rings. The lowest BCUT2D eigenvalue weighted by atomic mass is 10.2. The number of hydrogen-bond acceptors (Lipinski definition) is 7. The molecule has 1 saturated heterocycles. The summed E-state index contributed by atoms with van der Waals surface area (Å²) >= 11 is 0.